The predicted octanol–water partition coefficient (Wildman–Crippen LogP) is 3.09. The standard InChI is InChI=1S/C20H21NO4/c22-19-20(24-14-7-15-25-20)17-10-4-5-11-18(17)21(19)12-6-13-23-16-8-2-1-3-9-16/h1-5,8-11H,6-7,12-15H2. The molecule has 0 bridgehead atoms. The van der Waals surface area contributed by atoms with Crippen LogP contribution >= 0.6 is 0 Å². The van der Waals surface area contributed by atoms with E-state index in [2.05, 4.69) is 0 Å². The van der Waals surface area contributed by atoms with Crippen molar-refractivity contribution >= 4 is 11.6 Å². The first-order valence-electron chi connectivity index (χ1n) is 8.68. The zero-order valence-electron chi connectivity index (χ0n) is 14.0. The molecule has 0 aromatic heterocycles. The fourth-order valence-electron chi connectivity index (χ4n) is 3.35. The lowest BCUT2D eigenvalue weighted by Gasteiger charge is -2.32. The van der Waals surface area contributed by atoms with Gasteiger partial charge in [-0.1, -0.05) is 36.4 Å². The Labute approximate surface area is 147 Å². The van der Waals surface area contributed by atoms with Crippen LogP contribution in [0.3, 0.4) is 0 Å². The normalized spacial score (nSPS) is 18.4. The van der Waals surface area contributed by atoms with Crippen molar-refractivity contribution in [2.75, 3.05) is 31.3 Å². The fourth-order valence-corrected chi connectivity index (χ4v) is 3.35. The minimum absolute atomic E-state index is 0.131. The molecule has 0 N–H and O–H groups in total. The Morgan fingerprint density at radius 2 is 1.72 bits per heavy atom. The van der Waals surface area contributed by atoms with Gasteiger partial charge in [0.15, 0.2) is 0 Å². The molecule has 5 heteroatoms. The number of carbonyl (C=O) groups is 1. The quantitative estimate of drug-likeness (QED) is 0.786. The number of nitrogens with zero attached hydrogens (tertiary/aromatic N) is 1. The molecule has 2 aromatic rings. The van der Waals surface area contributed by atoms with E-state index >= 15 is 0 Å². The SMILES string of the molecule is O=C1N(CCCOc2ccccc2)c2ccccc2C12OCCCO2. The summed E-state index contributed by atoms with van der Waals surface area (Å²) in [5.74, 6) is -0.547. The molecular formula is C20H21NO4. The van der Waals surface area contributed by atoms with Crippen LogP contribution in [0.5, 0.6) is 5.75 Å². The minimum Gasteiger partial charge on any atom is -0.494 e. The highest BCUT2D eigenvalue weighted by atomic mass is 16.7. The number of ether oxygens (including phenoxy) is 3. The first-order valence-corrected chi connectivity index (χ1v) is 8.68. The lowest BCUT2D eigenvalue weighted by atomic mass is 10.1. The molecule has 1 amide bonds. The first kappa shape index (κ1) is 16.1. The van der Waals surface area contributed by atoms with Gasteiger partial charge in [-0.05, 0) is 31.0 Å². The summed E-state index contributed by atoms with van der Waals surface area (Å²) in [4.78, 5) is 14.8. The Morgan fingerprint density at radius 3 is 2.52 bits per heavy atom. The van der Waals surface area contributed by atoms with E-state index in [9.17, 15) is 4.79 Å². The van der Waals surface area contributed by atoms with Crippen LogP contribution in [0.2, 0.25) is 0 Å². The molecule has 0 unspecified atom stereocenters. The van der Waals surface area contributed by atoms with Crippen LogP contribution in [0, 0.1) is 0 Å². The Morgan fingerprint density at radius 1 is 1.00 bits per heavy atom. The van der Waals surface area contributed by atoms with Crippen LogP contribution in [-0.2, 0) is 20.1 Å². The maximum Gasteiger partial charge on any atom is 0.292 e. The number of amides is 1. The summed E-state index contributed by atoms with van der Waals surface area (Å²) < 4.78 is 17.4. The number of para-hydroxylation sites is 2. The smallest absolute Gasteiger partial charge is 0.292 e. The molecule has 1 saturated heterocycles. The van der Waals surface area contributed by atoms with Gasteiger partial charge in [-0.25, -0.2) is 0 Å². The van der Waals surface area contributed by atoms with Crippen molar-refractivity contribution in [3.8, 4) is 5.75 Å². The van der Waals surface area contributed by atoms with Gasteiger partial charge in [-0.2, -0.15) is 0 Å². The monoisotopic (exact) mass is 339 g/mol. The minimum atomic E-state index is -1.25. The second-order valence-corrected chi connectivity index (χ2v) is 6.16. The summed E-state index contributed by atoms with van der Waals surface area (Å²) in [5, 5.41) is 0. The van der Waals surface area contributed by atoms with Gasteiger partial charge >= 0.3 is 0 Å². The van der Waals surface area contributed by atoms with Gasteiger partial charge in [0, 0.05) is 12.1 Å². The molecule has 5 nitrogen and oxygen atoms in total. The van der Waals surface area contributed by atoms with Gasteiger partial charge in [-0.3, -0.25) is 4.79 Å². The Kier molecular flexibility index (Phi) is 4.42. The van der Waals surface area contributed by atoms with E-state index in [0.29, 0.717) is 26.4 Å². The second-order valence-electron chi connectivity index (χ2n) is 6.16. The maximum atomic E-state index is 13.0. The molecule has 2 aliphatic rings. The summed E-state index contributed by atoms with van der Waals surface area (Å²) >= 11 is 0. The molecular weight excluding hydrogens is 318 g/mol. The highest BCUT2D eigenvalue weighted by Crippen LogP contribution is 2.44. The van der Waals surface area contributed by atoms with Crippen LogP contribution in [0.15, 0.2) is 54.6 Å². The number of carbonyl (C=O) groups excluding carboxylic acids is 1. The van der Waals surface area contributed by atoms with Crippen molar-refractivity contribution in [1.29, 1.82) is 0 Å². The zero-order valence-corrected chi connectivity index (χ0v) is 14.0. The number of benzene rings is 2. The molecule has 0 aliphatic carbocycles. The summed E-state index contributed by atoms with van der Waals surface area (Å²) in [6, 6.07) is 17.4. The molecule has 2 aromatic carbocycles. The molecule has 1 fully saturated rings. The molecule has 2 heterocycles. The maximum absolute atomic E-state index is 13.0. The van der Waals surface area contributed by atoms with Crippen molar-refractivity contribution in [1.82, 2.24) is 0 Å². The Balaban J connectivity index is 1.46. The van der Waals surface area contributed by atoms with Crippen LogP contribution in [0.25, 0.3) is 0 Å². The molecule has 25 heavy (non-hydrogen) atoms. The lowest BCUT2D eigenvalue weighted by Crippen LogP contribution is -2.47. The second kappa shape index (κ2) is 6.86. The fraction of sp³-hybridized carbons (Fsp3) is 0.350. The number of fused-ring (bicyclic) bond motifs is 2. The van der Waals surface area contributed by atoms with Crippen molar-refractivity contribution < 1.29 is 19.0 Å². The highest BCUT2D eigenvalue weighted by molar-refractivity contribution is 6.06. The molecule has 0 saturated carbocycles. The van der Waals surface area contributed by atoms with Crippen LogP contribution < -0.4 is 9.64 Å². The van der Waals surface area contributed by atoms with Crippen molar-refractivity contribution in [3.05, 3.63) is 60.2 Å². The summed E-state index contributed by atoms with van der Waals surface area (Å²) in [7, 11) is 0. The van der Waals surface area contributed by atoms with E-state index in [0.717, 1.165) is 29.8 Å². The number of hydrogen-bond donors (Lipinski definition) is 0. The summed E-state index contributed by atoms with van der Waals surface area (Å²) in [6.45, 7) is 2.18. The Bertz CT molecular complexity index is 740. The summed E-state index contributed by atoms with van der Waals surface area (Å²) in [6.07, 6.45) is 1.53. The molecule has 1 spiro atoms. The lowest BCUT2D eigenvalue weighted by molar-refractivity contribution is -0.256. The van der Waals surface area contributed by atoms with E-state index in [1.165, 1.54) is 0 Å². The largest absolute Gasteiger partial charge is 0.494 e. The van der Waals surface area contributed by atoms with E-state index in [1.807, 2.05) is 54.6 Å². The van der Waals surface area contributed by atoms with E-state index in [-0.39, 0.29) is 5.91 Å². The van der Waals surface area contributed by atoms with Crippen molar-refractivity contribution in [2.45, 2.75) is 18.6 Å². The molecule has 130 valence electrons. The van der Waals surface area contributed by atoms with Gasteiger partial charge in [0.1, 0.15) is 5.75 Å². The number of hydrogen-bond acceptors (Lipinski definition) is 4. The average Bonchev–Trinajstić information content (AvgIpc) is 2.89. The third kappa shape index (κ3) is 2.90. The first-order chi connectivity index (χ1) is 12.3. The average molecular weight is 339 g/mol. The number of anilines is 1. The summed E-state index contributed by atoms with van der Waals surface area (Å²) in [5.41, 5.74) is 1.68. The van der Waals surface area contributed by atoms with Gasteiger partial charge < -0.3 is 19.1 Å². The van der Waals surface area contributed by atoms with Crippen molar-refractivity contribution in [3.63, 3.8) is 0 Å². The molecule has 2 aliphatic heterocycles. The van der Waals surface area contributed by atoms with E-state index in [4.69, 9.17) is 14.2 Å². The van der Waals surface area contributed by atoms with Gasteiger partial charge in [-0.15, -0.1) is 0 Å². The van der Waals surface area contributed by atoms with Crippen LogP contribution in [0.4, 0.5) is 5.69 Å². The van der Waals surface area contributed by atoms with Gasteiger partial charge in [0.2, 0.25) is 0 Å². The van der Waals surface area contributed by atoms with E-state index in [1.54, 1.807) is 4.90 Å². The van der Waals surface area contributed by atoms with Gasteiger partial charge in [0.25, 0.3) is 11.7 Å². The van der Waals surface area contributed by atoms with Crippen molar-refractivity contribution in [2.24, 2.45) is 0 Å². The third-order valence-corrected chi connectivity index (χ3v) is 4.51. The highest BCUT2D eigenvalue weighted by Gasteiger charge is 2.54. The van der Waals surface area contributed by atoms with E-state index < -0.39 is 5.79 Å². The van der Waals surface area contributed by atoms with Crippen LogP contribution in [-0.4, -0.2) is 32.3 Å². The number of rotatable bonds is 5. The van der Waals surface area contributed by atoms with Gasteiger partial charge in [0.05, 0.1) is 25.5 Å². The molecule has 4 rings (SSSR count). The Hall–Kier alpha value is -2.37. The topological polar surface area (TPSA) is 48.0 Å². The predicted molar refractivity (Wildman–Crippen MR) is 93.5 cm³/mol. The van der Waals surface area contributed by atoms with Crippen LogP contribution in [0.1, 0.15) is 18.4 Å². The zero-order chi connectivity index (χ0) is 17.1. The third-order valence-electron chi connectivity index (χ3n) is 4.51. The molecule has 0 radical (unpaired) electrons. The molecule has 0 atom stereocenters.